The molecular formula is C32H37N7O+2. The molecule has 2 aromatic rings. The average Bonchev–Trinajstić information content (AvgIpc) is 3.35. The predicted octanol–water partition coefficient (Wildman–Crippen LogP) is 3.51. The van der Waals surface area contributed by atoms with Gasteiger partial charge in [0.25, 0.3) is 11.7 Å². The summed E-state index contributed by atoms with van der Waals surface area (Å²) in [5, 5.41) is 7.26. The van der Waals surface area contributed by atoms with Crippen LogP contribution in [-0.4, -0.2) is 76.5 Å². The molecule has 0 radical (unpaired) electrons. The monoisotopic (exact) mass is 535 g/mol. The van der Waals surface area contributed by atoms with Crippen LogP contribution in [0.5, 0.6) is 0 Å². The number of hydrogen-bond acceptors (Lipinski definition) is 5. The molecule has 1 fully saturated rings. The highest BCUT2D eigenvalue weighted by atomic mass is 16.1. The summed E-state index contributed by atoms with van der Waals surface area (Å²) >= 11 is 0. The number of rotatable bonds is 5. The van der Waals surface area contributed by atoms with Crippen molar-refractivity contribution in [2.24, 2.45) is 5.11 Å². The maximum atomic E-state index is 13.3. The van der Waals surface area contributed by atoms with Crippen molar-refractivity contribution >= 4 is 29.5 Å². The highest BCUT2D eigenvalue weighted by Crippen LogP contribution is 2.29. The van der Waals surface area contributed by atoms with Crippen molar-refractivity contribution < 1.29 is 9.58 Å². The standard InChI is InChI=1S/C32H36N7O/c1-6-26-20-30-36-35-29(39(30)22-33-26)13-10-23-8-7-9-27(18-23)34-31(40)24-11-12-25(28(19-24)32(2,3)4)21-38-16-14-37(5)15-17-38/h7-9,11-12,18-20,22H,6,14-17,21H2,1-5H3/q+1/p+1. The molecule has 40 heavy (non-hydrogen) atoms. The predicted molar refractivity (Wildman–Crippen MR) is 160 cm³/mol. The van der Waals surface area contributed by atoms with Crippen molar-refractivity contribution in [2.45, 2.75) is 46.1 Å². The number of anilines is 1. The molecule has 0 atom stereocenters. The Balaban J connectivity index is 1.29. The number of hydrogen-bond donors (Lipinski definition) is 1. The Kier molecular flexibility index (Phi) is 7.84. The highest BCUT2D eigenvalue weighted by molar-refractivity contribution is 6.07. The van der Waals surface area contributed by atoms with Gasteiger partial charge in [0.2, 0.25) is 5.71 Å². The van der Waals surface area contributed by atoms with E-state index < -0.39 is 0 Å². The van der Waals surface area contributed by atoms with E-state index in [1.165, 1.54) is 11.1 Å². The van der Waals surface area contributed by atoms with Crippen molar-refractivity contribution in [3.63, 3.8) is 0 Å². The molecule has 2 aromatic carbocycles. The Hall–Kier alpha value is -4.24. The van der Waals surface area contributed by atoms with Gasteiger partial charge >= 0.3 is 12.2 Å². The number of allylic oxidation sites excluding steroid dienone is 1. The lowest BCUT2D eigenvalue weighted by molar-refractivity contribution is -0.0718. The zero-order chi connectivity index (χ0) is 28.3. The molecule has 0 unspecified atom stereocenters. The molecule has 5 rings (SSSR count). The third-order valence-electron chi connectivity index (χ3n) is 7.33. The van der Waals surface area contributed by atoms with Gasteiger partial charge in [-0.25, -0.2) is 4.67 Å². The minimum atomic E-state index is -0.136. The van der Waals surface area contributed by atoms with E-state index in [1.807, 2.05) is 36.4 Å². The van der Waals surface area contributed by atoms with Crippen LogP contribution in [0.25, 0.3) is 0 Å². The molecule has 0 aliphatic carbocycles. The summed E-state index contributed by atoms with van der Waals surface area (Å²) in [7, 11) is 2.17. The Morgan fingerprint density at radius 3 is 2.62 bits per heavy atom. The number of likely N-dealkylation sites (N-methyl/N-ethyl adjacent to an activating group) is 1. The maximum absolute atomic E-state index is 13.3. The fraction of sp³-hybridized carbons (Fsp3) is 0.375. The van der Waals surface area contributed by atoms with E-state index in [0.29, 0.717) is 17.1 Å². The Labute approximate surface area is 236 Å². The van der Waals surface area contributed by atoms with E-state index in [9.17, 15) is 4.79 Å². The SMILES string of the molecule is CCC1=[N+]=CN2C(=C1)N=[N+]=C2C#Cc1cccc(NC(=O)c2ccc(CN3CCN(C)CC3)c(C(C)(C)C)c2)c1. The van der Waals surface area contributed by atoms with Crippen molar-refractivity contribution in [3.8, 4) is 11.8 Å². The van der Waals surface area contributed by atoms with Gasteiger partial charge in [-0.3, -0.25) is 9.69 Å². The van der Waals surface area contributed by atoms with Crippen LogP contribution in [0.4, 0.5) is 5.69 Å². The Morgan fingerprint density at radius 1 is 1.07 bits per heavy atom. The number of nitrogens with zero attached hydrogens (tertiary/aromatic N) is 6. The summed E-state index contributed by atoms with van der Waals surface area (Å²) < 4.78 is 4.41. The molecule has 1 saturated heterocycles. The van der Waals surface area contributed by atoms with Gasteiger partial charge in [-0.1, -0.05) is 50.5 Å². The summed E-state index contributed by atoms with van der Waals surface area (Å²) in [6.45, 7) is 13.9. The number of benzene rings is 2. The van der Waals surface area contributed by atoms with Gasteiger partial charge in [0.1, 0.15) is 0 Å². The number of carbonyl (C=O) groups is 1. The van der Waals surface area contributed by atoms with Gasteiger partial charge < -0.3 is 10.2 Å². The van der Waals surface area contributed by atoms with E-state index in [0.717, 1.165) is 56.2 Å². The third kappa shape index (κ3) is 6.31. The normalized spacial score (nSPS) is 17.0. The fourth-order valence-electron chi connectivity index (χ4n) is 4.92. The van der Waals surface area contributed by atoms with Crippen molar-refractivity contribution in [2.75, 3.05) is 38.5 Å². The van der Waals surface area contributed by atoms with E-state index >= 15 is 0 Å². The summed E-state index contributed by atoms with van der Waals surface area (Å²) in [6, 6.07) is 13.6. The van der Waals surface area contributed by atoms with Gasteiger partial charge in [-0.05, 0) is 53.9 Å². The van der Waals surface area contributed by atoms with Gasteiger partial charge in [0, 0.05) is 61.9 Å². The van der Waals surface area contributed by atoms with Crippen LogP contribution in [0.3, 0.4) is 0 Å². The molecule has 1 amide bonds. The first-order valence-electron chi connectivity index (χ1n) is 13.9. The lowest BCUT2D eigenvalue weighted by Crippen LogP contribution is -2.44. The fourth-order valence-corrected chi connectivity index (χ4v) is 4.92. The molecule has 0 aromatic heterocycles. The molecule has 3 aliphatic rings. The molecular weight excluding hydrogens is 498 g/mol. The maximum Gasteiger partial charge on any atom is 0.469 e. The average molecular weight is 536 g/mol. The van der Waals surface area contributed by atoms with E-state index in [2.05, 4.69) is 88.4 Å². The number of amidine groups is 1. The third-order valence-corrected chi connectivity index (χ3v) is 7.33. The van der Waals surface area contributed by atoms with Crippen LogP contribution in [0, 0.1) is 11.8 Å². The second-order valence-corrected chi connectivity index (χ2v) is 11.5. The quantitative estimate of drug-likeness (QED) is 0.470. The number of amides is 1. The van der Waals surface area contributed by atoms with Crippen LogP contribution < -0.4 is 9.98 Å². The van der Waals surface area contributed by atoms with Crippen LogP contribution in [0.15, 0.2) is 59.5 Å². The summed E-state index contributed by atoms with van der Waals surface area (Å²) in [5.74, 6) is 7.33. The van der Waals surface area contributed by atoms with Gasteiger partial charge in [-0.2, -0.15) is 0 Å². The zero-order valence-corrected chi connectivity index (χ0v) is 24.0. The molecule has 204 valence electrons. The van der Waals surface area contributed by atoms with Crippen LogP contribution in [0.1, 0.15) is 61.2 Å². The van der Waals surface area contributed by atoms with Crippen molar-refractivity contribution in [3.05, 3.63) is 76.6 Å². The second kappa shape index (κ2) is 11.5. The molecule has 3 heterocycles. The number of nitrogens with one attached hydrogen (secondary N) is 1. The number of piperazine rings is 1. The highest BCUT2D eigenvalue weighted by Gasteiger charge is 2.35. The minimum Gasteiger partial charge on any atom is -0.322 e. The first-order chi connectivity index (χ1) is 19.2. The second-order valence-electron chi connectivity index (χ2n) is 11.5. The van der Waals surface area contributed by atoms with Gasteiger partial charge in [-0.15, -0.1) is 4.90 Å². The first kappa shape index (κ1) is 27.3. The molecule has 1 N–H and O–H groups in total. The first-order valence-corrected chi connectivity index (χ1v) is 13.9. The van der Waals surface area contributed by atoms with Crippen LogP contribution >= 0.6 is 0 Å². The van der Waals surface area contributed by atoms with Gasteiger partial charge in [0.15, 0.2) is 0 Å². The molecule has 0 saturated carbocycles. The summed E-state index contributed by atoms with van der Waals surface area (Å²) in [6.07, 6.45) is 4.45. The molecule has 8 nitrogen and oxygen atoms in total. The molecule has 0 bridgehead atoms. The van der Waals surface area contributed by atoms with Crippen molar-refractivity contribution in [1.29, 1.82) is 0 Å². The largest absolute Gasteiger partial charge is 0.469 e. The van der Waals surface area contributed by atoms with Gasteiger partial charge in [0.05, 0.1) is 11.2 Å². The minimum absolute atomic E-state index is 0.0762. The van der Waals surface area contributed by atoms with Crippen LogP contribution in [-0.2, 0) is 12.0 Å². The lowest BCUT2D eigenvalue weighted by atomic mass is 9.82. The van der Waals surface area contributed by atoms with E-state index in [-0.39, 0.29) is 11.3 Å². The lowest BCUT2D eigenvalue weighted by Gasteiger charge is -2.34. The van der Waals surface area contributed by atoms with E-state index in [4.69, 9.17) is 0 Å². The summed E-state index contributed by atoms with van der Waals surface area (Å²) in [4.78, 5) is 24.1. The Bertz CT molecular complexity index is 1550. The molecule has 0 spiro atoms. The molecule has 3 aliphatic heterocycles. The summed E-state index contributed by atoms with van der Waals surface area (Å²) in [5.41, 5.74) is 5.49. The zero-order valence-electron chi connectivity index (χ0n) is 24.0. The van der Waals surface area contributed by atoms with E-state index in [1.54, 1.807) is 11.2 Å². The number of carbonyl (C=O) groups excluding carboxylic acids is 1. The van der Waals surface area contributed by atoms with Crippen LogP contribution in [0.2, 0.25) is 0 Å². The topological polar surface area (TPSA) is 79.4 Å². The smallest absolute Gasteiger partial charge is 0.322 e. The number of fused-ring (bicyclic) bond motifs is 1. The molecule has 8 heteroatoms. The Morgan fingerprint density at radius 2 is 1.88 bits per heavy atom. The van der Waals surface area contributed by atoms with Crippen molar-refractivity contribution in [1.82, 2.24) is 19.4 Å².